The van der Waals surface area contributed by atoms with E-state index in [1.807, 2.05) is 32.9 Å². The van der Waals surface area contributed by atoms with Crippen molar-refractivity contribution in [1.82, 2.24) is 0 Å². The third-order valence-electron chi connectivity index (χ3n) is 6.99. The highest BCUT2D eigenvalue weighted by molar-refractivity contribution is 6.10. The van der Waals surface area contributed by atoms with Crippen molar-refractivity contribution in [3.05, 3.63) is 131 Å². The summed E-state index contributed by atoms with van der Waals surface area (Å²) < 4.78 is 0. The number of rotatable bonds is 3. The number of fused-ring (bicyclic) bond motifs is 10. The monoisotopic (exact) mass is 454 g/mol. The SMILES string of the molecule is C=NC(=NC/C=C/C)c1cccc2c1-c1ccccc1C21c2ccccc2-c2ccccc21.CC. The molecule has 2 heteroatoms. The van der Waals surface area contributed by atoms with Gasteiger partial charge in [0, 0.05) is 5.56 Å². The van der Waals surface area contributed by atoms with Crippen LogP contribution in [0.1, 0.15) is 48.6 Å². The Balaban J connectivity index is 0.00000124. The zero-order chi connectivity index (χ0) is 24.4. The van der Waals surface area contributed by atoms with Crippen LogP contribution in [0.2, 0.25) is 0 Å². The second kappa shape index (κ2) is 9.31. The molecule has 0 saturated carbocycles. The van der Waals surface area contributed by atoms with E-state index in [0.29, 0.717) is 12.4 Å². The van der Waals surface area contributed by atoms with Crippen molar-refractivity contribution < 1.29 is 0 Å². The molecular weight excluding hydrogens is 424 g/mol. The summed E-state index contributed by atoms with van der Waals surface area (Å²) in [6.07, 6.45) is 4.05. The highest BCUT2D eigenvalue weighted by Gasteiger charge is 2.52. The molecule has 0 amide bonds. The van der Waals surface area contributed by atoms with Gasteiger partial charge in [-0.2, -0.15) is 0 Å². The number of amidine groups is 1. The van der Waals surface area contributed by atoms with Crippen molar-refractivity contribution in [2.75, 3.05) is 6.54 Å². The van der Waals surface area contributed by atoms with Gasteiger partial charge in [-0.05, 0) is 58.1 Å². The summed E-state index contributed by atoms with van der Waals surface area (Å²) in [4.78, 5) is 9.11. The van der Waals surface area contributed by atoms with E-state index in [2.05, 4.69) is 103 Å². The molecule has 1 spiro atoms. The van der Waals surface area contributed by atoms with Crippen LogP contribution >= 0.6 is 0 Å². The Hall–Kier alpha value is -4.04. The Morgan fingerprint density at radius 1 is 0.714 bits per heavy atom. The largest absolute Gasteiger partial charge is 0.262 e. The molecule has 0 unspecified atom stereocenters. The quantitative estimate of drug-likeness (QED) is 0.147. The third kappa shape index (κ3) is 3.17. The Morgan fingerprint density at radius 2 is 1.23 bits per heavy atom. The van der Waals surface area contributed by atoms with Gasteiger partial charge in [-0.1, -0.05) is 117 Å². The van der Waals surface area contributed by atoms with Crippen LogP contribution in [-0.4, -0.2) is 19.1 Å². The summed E-state index contributed by atoms with van der Waals surface area (Å²) in [5.41, 5.74) is 11.1. The molecule has 172 valence electrons. The molecule has 4 aromatic rings. The van der Waals surface area contributed by atoms with Gasteiger partial charge in [-0.3, -0.25) is 4.99 Å². The average Bonchev–Trinajstić information content (AvgIpc) is 3.40. The Morgan fingerprint density at radius 3 is 1.80 bits per heavy atom. The highest BCUT2D eigenvalue weighted by atomic mass is 14.9. The van der Waals surface area contributed by atoms with Crippen molar-refractivity contribution in [2.45, 2.75) is 26.2 Å². The zero-order valence-electron chi connectivity index (χ0n) is 20.6. The van der Waals surface area contributed by atoms with Crippen LogP contribution in [0.15, 0.2) is 113 Å². The van der Waals surface area contributed by atoms with E-state index in [4.69, 9.17) is 4.99 Å². The molecule has 0 atom stereocenters. The Bertz CT molecular complexity index is 1430. The molecule has 0 heterocycles. The molecular formula is C33H30N2. The van der Waals surface area contributed by atoms with Gasteiger partial charge in [-0.15, -0.1) is 0 Å². The summed E-state index contributed by atoms with van der Waals surface area (Å²) in [5, 5.41) is 0. The Kier molecular flexibility index (Phi) is 6.05. The van der Waals surface area contributed by atoms with Gasteiger partial charge in [-0.25, -0.2) is 4.99 Å². The van der Waals surface area contributed by atoms with Crippen LogP contribution in [0.25, 0.3) is 22.3 Å². The molecule has 6 rings (SSSR count). The molecule has 0 saturated heterocycles. The normalized spacial score (nSPS) is 14.1. The molecule has 0 radical (unpaired) electrons. The van der Waals surface area contributed by atoms with Crippen LogP contribution in [0, 0.1) is 0 Å². The molecule has 0 bridgehead atoms. The van der Waals surface area contributed by atoms with Crippen molar-refractivity contribution in [1.29, 1.82) is 0 Å². The molecule has 2 nitrogen and oxygen atoms in total. The number of allylic oxidation sites excluding steroid dienone is 1. The summed E-state index contributed by atoms with van der Waals surface area (Å²) in [6, 6.07) is 33.0. The van der Waals surface area contributed by atoms with Crippen LogP contribution in [0.3, 0.4) is 0 Å². The minimum atomic E-state index is -0.343. The second-order valence-electron chi connectivity index (χ2n) is 8.51. The summed E-state index contributed by atoms with van der Waals surface area (Å²) >= 11 is 0. The van der Waals surface area contributed by atoms with Gasteiger partial charge in [0.25, 0.3) is 0 Å². The van der Waals surface area contributed by atoms with Gasteiger partial charge in [0.2, 0.25) is 0 Å². The molecule has 0 aromatic heterocycles. The number of hydrogen-bond acceptors (Lipinski definition) is 1. The summed E-state index contributed by atoms with van der Waals surface area (Å²) in [7, 11) is 0. The van der Waals surface area contributed by atoms with Gasteiger partial charge in [0.1, 0.15) is 0 Å². The van der Waals surface area contributed by atoms with Gasteiger partial charge in [0.15, 0.2) is 5.84 Å². The molecule has 2 aliphatic carbocycles. The van der Waals surface area contributed by atoms with Crippen LogP contribution in [0.5, 0.6) is 0 Å². The van der Waals surface area contributed by atoms with Crippen molar-refractivity contribution >= 4 is 12.6 Å². The lowest BCUT2D eigenvalue weighted by Gasteiger charge is -2.30. The first-order chi connectivity index (χ1) is 17.3. The predicted molar refractivity (Wildman–Crippen MR) is 150 cm³/mol. The lowest BCUT2D eigenvalue weighted by atomic mass is 9.70. The van der Waals surface area contributed by atoms with Gasteiger partial charge < -0.3 is 0 Å². The van der Waals surface area contributed by atoms with E-state index in [0.717, 1.165) is 5.56 Å². The maximum absolute atomic E-state index is 4.76. The summed E-state index contributed by atoms with van der Waals surface area (Å²) in [5.74, 6) is 0.691. The predicted octanol–water partition coefficient (Wildman–Crippen LogP) is 8.08. The standard InChI is InChI=1S/C31H24N2.C2H6/c1-3-4-20-33-30(32-2)24-15-11-19-28-29(24)23-14-7-10-18-27(23)31(28)25-16-8-5-12-21(25)22-13-6-9-17-26(22)31;1-2/h3-19H,2,20H2,1H3;1-2H3/b4-3+,33-30?;. The van der Waals surface area contributed by atoms with Gasteiger partial charge in [0.05, 0.1) is 12.0 Å². The lowest BCUT2D eigenvalue weighted by Crippen LogP contribution is -2.25. The fraction of sp³-hybridized carbons (Fsp3) is 0.152. The second-order valence-corrected chi connectivity index (χ2v) is 8.51. The van der Waals surface area contributed by atoms with E-state index in [9.17, 15) is 0 Å². The zero-order valence-corrected chi connectivity index (χ0v) is 20.6. The minimum Gasteiger partial charge on any atom is -0.262 e. The van der Waals surface area contributed by atoms with E-state index in [1.165, 1.54) is 44.5 Å². The Labute approximate surface area is 208 Å². The molecule has 0 N–H and O–H groups in total. The number of benzene rings is 4. The number of hydrogen-bond donors (Lipinski definition) is 0. The van der Waals surface area contributed by atoms with Crippen LogP contribution in [0.4, 0.5) is 0 Å². The van der Waals surface area contributed by atoms with E-state index >= 15 is 0 Å². The van der Waals surface area contributed by atoms with Crippen molar-refractivity contribution in [3.63, 3.8) is 0 Å². The minimum absolute atomic E-state index is 0.343. The van der Waals surface area contributed by atoms with Gasteiger partial charge >= 0.3 is 0 Å². The maximum Gasteiger partial charge on any atom is 0.154 e. The summed E-state index contributed by atoms with van der Waals surface area (Å²) in [6.45, 7) is 10.4. The maximum atomic E-state index is 4.76. The topological polar surface area (TPSA) is 24.7 Å². The molecule has 2 aliphatic rings. The lowest BCUT2D eigenvalue weighted by molar-refractivity contribution is 0.793. The van der Waals surface area contributed by atoms with Crippen molar-refractivity contribution in [2.24, 2.45) is 9.98 Å². The van der Waals surface area contributed by atoms with Crippen LogP contribution in [-0.2, 0) is 5.41 Å². The highest BCUT2D eigenvalue weighted by Crippen LogP contribution is 2.63. The fourth-order valence-corrected chi connectivity index (χ4v) is 5.79. The van der Waals surface area contributed by atoms with Crippen LogP contribution < -0.4 is 0 Å². The smallest absolute Gasteiger partial charge is 0.154 e. The van der Waals surface area contributed by atoms with E-state index in [-0.39, 0.29) is 5.41 Å². The number of aliphatic imine (C=N–C) groups is 2. The first kappa shape index (κ1) is 22.7. The van der Waals surface area contributed by atoms with E-state index in [1.54, 1.807) is 0 Å². The van der Waals surface area contributed by atoms with E-state index < -0.39 is 0 Å². The molecule has 4 aromatic carbocycles. The molecule has 0 aliphatic heterocycles. The molecule has 0 fully saturated rings. The number of nitrogens with zero attached hydrogens (tertiary/aromatic N) is 2. The first-order valence-electron chi connectivity index (χ1n) is 12.4. The fourth-order valence-electron chi connectivity index (χ4n) is 5.79. The first-order valence-corrected chi connectivity index (χ1v) is 12.4. The van der Waals surface area contributed by atoms with Crippen molar-refractivity contribution in [3.8, 4) is 22.3 Å². The molecule has 35 heavy (non-hydrogen) atoms. The third-order valence-corrected chi connectivity index (χ3v) is 6.99. The average molecular weight is 455 g/mol.